The van der Waals surface area contributed by atoms with Crippen molar-refractivity contribution in [1.82, 2.24) is 9.29 Å². The van der Waals surface area contributed by atoms with Crippen LogP contribution in [0.25, 0.3) is 22.6 Å². The topological polar surface area (TPSA) is 92.5 Å². The van der Waals surface area contributed by atoms with Crippen LogP contribution in [0.2, 0.25) is 0 Å². The van der Waals surface area contributed by atoms with Crippen LogP contribution in [0.5, 0.6) is 0 Å². The molecule has 7 nitrogen and oxygen atoms in total. The number of para-hydroxylation sites is 2. The standard InChI is InChI=1S/C26H25N3O4S/c1-18-7-4-5-16-29(18)34(31,32)22-14-12-19(13-15-22)25(30)27-21-9-6-8-20(17-21)26-28-23-10-2-3-11-24(23)33-26/h2-3,6,8-15,17-18H,4-5,7,16H2,1H3,(H,27,30). The fourth-order valence-corrected chi connectivity index (χ4v) is 5.97. The van der Waals surface area contributed by atoms with Crippen LogP contribution in [0.1, 0.15) is 36.5 Å². The van der Waals surface area contributed by atoms with Gasteiger partial charge in [-0.05, 0) is 74.4 Å². The molecule has 0 bridgehead atoms. The Bertz CT molecular complexity index is 1410. The molecule has 0 spiro atoms. The summed E-state index contributed by atoms with van der Waals surface area (Å²) in [5.74, 6) is 0.142. The van der Waals surface area contributed by atoms with Gasteiger partial charge in [0.1, 0.15) is 5.52 Å². The van der Waals surface area contributed by atoms with E-state index in [1.54, 1.807) is 28.6 Å². The van der Waals surface area contributed by atoms with Gasteiger partial charge in [0, 0.05) is 29.4 Å². The van der Waals surface area contributed by atoms with Gasteiger partial charge in [-0.3, -0.25) is 4.79 Å². The van der Waals surface area contributed by atoms with E-state index >= 15 is 0 Å². The third-order valence-electron chi connectivity index (χ3n) is 6.13. The van der Waals surface area contributed by atoms with Gasteiger partial charge in [0.25, 0.3) is 5.91 Å². The molecule has 1 amide bonds. The Kier molecular flexibility index (Phi) is 5.93. The average molecular weight is 476 g/mol. The molecule has 174 valence electrons. The van der Waals surface area contributed by atoms with Crippen LogP contribution in [0.3, 0.4) is 0 Å². The molecule has 1 N–H and O–H groups in total. The Morgan fingerprint density at radius 3 is 2.59 bits per heavy atom. The first-order valence-corrected chi connectivity index (χ1v) is 12.7. The SMILES string of the molecule is CC1CCCCN1S(=O)(=O)c1ccc(C(=O)Nc2cccc(-c3nc4ccccc4o3)c2)cc1. The molecule has 0 radical (unpaired) electrons. The Morgan fingerprint density at radius 1 is 1.03 bits per heavy atom. The van der Waals surface area contributed by atoms with Crippen molar-refractivity contribution in [2.24, 2.45) is 0 Å². The maximum Gasteiger partial charge on any atom is 0.255 e. The number of nitrogens with one attached hydrogen (secondary N) is 1. The Balaban J connectivity index is 1.32. The minimum absolute atomic E-state index is 0.0183. The second kappa shape index (κ2) is 9.04. The second-order valence-electron chi connectivity index (χ2n) is 8.51. The maximum atomic E-state index is 13.0. The lowest BCUT2D eigenvalue weighted by atomic mass is 10.1. The van der Waals surface area contributed by atoms with Crippen LogP contribution < -0.4 is 5.32 Å². The first-order chi connectivity index (χ1) is 16.4. The number of piperidine rings is 1. The number of nitrogens with zero attached hydrogens (tertiary/aromatic N) is 2. The fraction of sp³-hybridized carbons (Fsp3) is 0.231. The van der Waals surface area contributed by atoms with Crippen molar-refractivity contribution in [1.29, 1.82) is 0 Å². The smallest absolute Gasteiger partial charge is 0.255 e. The molecule has 5 rings (SSSR count). The number of carbonyl (C=O) groups excluding carboxylic acids is 1. The highest BCUT2D eigenvalue weighted by Gasteiger charge is 2.30. The minimum atomic E-state index is -3.58. The van der Waals surface area contributed by atoms with Crippen LogP contribution >= 0.6 is 0 Å². The fourth-order valence-electron chi connectivity index (χ4n) is 4.27. The number of amides is 1. The molecule has 0 aliphatic carbocycles. The molecule has 1 aromatic heterocycles. The van der Waals surface area contributed by atoms with Gasteiger partial charge in [0.15, 0.2) is 5.58 Å². The largest absolute Gasteiger partial charge is 0.436 e. The van der Waals surface area contributed by atoms with E-state index in [0.29, 0.717) is 29.3 Å². The predicted molar refractivity (Wildman–Crippen MR) is 131 cm³/mol. The summed E-state index contributed by atoms with van der Waals surface area (Å²) in [5, 5.41) is 2.86. The molecule has 0 saturated carbocycles. The summed E-state index contributed by atoms with van der Waals surface area (Å²) in [6, 6.07) is 20.8. The summed E-state index contributed by atoms with van der Waals surface area (Å²) in [7, 11) is -3.58. The molecule has 1 atom stereocenters. The highest BCUT2D eigenvalue weighted by molar-refractivity contribution is 7.89. The molecule has 1 saturated heterocycles. The summed E-state index contributed by atoms with van der Waals surface area (Å²) >= 11 is 0. The highest BCUT2D eigenvalue weighted by atomic mass is 32.2. The van der Waals surface area contributed by atoms with E-state index in [1.807, 2.05) is 43.3 Å². The third-order valence-corrected chi connectivity index (χ3v) is 8.15. The van der Waals surface area contributed by atoms with E-state index in [2.05, 4.69) is 10.3 Å². The number of aromatic nitrogens is 1. The molecule has 3 aromatic carbocycles. The Labute approximate surface area is 198 Å². The van der Waals surface area contributed by atoms with E-state index < -0.39 is 10.0 Å². The van der Waals surface area contributed by atoms with Crippen molar-refractivity contribution in [3.63, 3.8) is 0 Å². The van der Waals surface area contributed by atoms with Crippen molar-refractivity contribution >= 4 is 32.7 Å². The Morgan fingerprint density at radius 2 is 1.82 bits per heavy atom. The number of anilines is 1. The number of benzene rings is 3. The number of oxazole rings is 1. The van der Waals surface area contributed by atoms with Crippen LogP contribution in [0.15, 0.2) is 82.1 Å². The van der Waals surface area contributed by atoms with Crippen LogP contribution in [0, 0.1) is 0 Å². The number of hydrogen-bond acceptors (Lipinski definition) is 5. The van der Waals surface area contributed by atoms with Gasteiger partial charge in [0.2, 0.25) is 15.9 Å². The first kappa shape index (κ1) is 22.3. The number of hydrogen-bond donors (Lipinski definition) is 1. The van der Waals surface area contributed by atoms with Gasteiger partial charge >= 0.3 is 0 Å². The molecule has 4 aromatic rings. The number of fused-ring (bicyclic) bond motifs is 1. The Hall–Kier alpha value is -3.49. The van der Waals surface area contributed by atoms with E-state index in [4.69, 9.17) is 4.42 Å². The lowest BCUT2D eigenvalue weighted by Gasteiger charge is -2.32. The lowest BCUT2D eigenvalue weighted by molar-refractivity contribution is 0.102. The van der Waals surface area contributed by atoms with Crippen molar-refractivity contribution < 1.29 is 17.6 Å². The van der Waals surface area contributed by atoms with Crippen LogP contribution in [-0.4, -0.2) is 36.2 Å². The second-order valence-corrected chi connectivity index (χ2v) is 10.4. The van der Waals surface area contributed by atoms with Crippen molar-refractivity contribution in [2.45, 2.75) is 37.1 Å². The zero-order valence-electron chi connectivity index (χ0n) is 18.8. The number of sulfonamides is 1. The van der Waals surface area contributed by atoms with Gasteiger partial charge in [-0.25, -0.2) is 13.4 Å². The highest BCUT2D eigenvalue weighted by Crippen LogP contribution is 2.27. The van der Waals surface area contributed by atoms with E-state index in [0.717, 1.165) is 30.3 Å². The van der Waals surface area contributed by atoms with Gasteiger partial charge in [-0.2, -0.15) is 4.31 Å². The monoisotopic (exact) mass is 475 g/mol. The quantitative estimate of drug-likeness (QED) is 0.422. The maximum absolute atomic E-state index is 13.0. The minimum Gasteiger partial charge on any atom is -0.436 e. The summed E-state index contributed by atoms with van der Waals surface area (Å²) in [6.07, 6.45) is 2.77. The van der Waals surface area contributed by atoms with Gasteiger partial charge in [0.05, 0.1) is 4.90 Å². The normalized spacial score (nSPS) is 17.0. The molecule has 1 aliphatic heterocycles. The summed E-state index contributed by atoms with van der Waals surface area (Å²) < 4.78 is 33.4. The van der Waals surface area contributed by atoms with Crippen molar-refractivity contribution in [3.8, 4) is 11.5 Å². The third kappa shape index (κ3) is 4.34. The van der Waals surface area contributed by atoms with E-state index in [1.165, 1.54) is 12.1 Å². The number of carbonyl (C=O) groups is 1. The zero-order valence-corrected chi connectivity index (χ0v) is 19.6. The summed E-state index contributed by atoms with van der Waals surface area (Å²) in [5.41, 5.74) is 3.16. The van der Waals surface area contributed by atoms with Crippen molar-refractivity contribution in [3.05, 3.63) is 78.4 Å². The summed E-state index contributed by atoms with van der Waals surface area (Å²) in [4.78, 5) is 17.5. The van der Waals surface area contributed by atoms with E-state index in [-0.39, 0.29) is 16.8 Å². The first-order valence-electron chi connectivity index (χ1n) is 11.3. The molecule has 34 heavy (non-hydrogen) atoms. The lowest BCUT2D eigenvalue weighted by Crippen LogP contribution is -2.41. The molecule has 8 heteroatoms. The van der Waals surface area contributed by atoms with E-state index in [9.17, 15) is 13.2 Å². The molecular weight excluding hydrogens is 450 g/mol. The van der Waals surface area contributed by atoms with Crippen LogP contribution in [-0.2, 0) is 10.0 Å². The van der Waals surface area contributed by atoms with Crippen LogP contribution in [0.4, 0.5) is 5.69 Å². The van der Waals surface area contributed by atoms with Gasteiger partial charge in [-0.15, -0.1) is 0 Å². The van der Waals surface area contributed by atoms with Gasteiger partial charge < -0.3 is 9.73 Å². The molecule has 1 aliphatic rings. The number of rotatable bonds is 5. The predicted octanol–water partition coefficient (Wildman–Crippen LogP) is 5.31. The average Bonchev–Trinajstić information content (AvgIpc) is 3.29. The molecule has 1 unspecified atom stereocenters. The molecular formula is C26H25N3O4S. The molecule has 2 heterocycles. The summed E-state index contributed by atoms with van der Waals surface area (Å²) in [6.45, 7) is 2.47. The van der Waals surface area contributed by atoms with Crippen molar-refractivity contribution in [2.75, 3.05) is 11.9 Å². The zero-order chi connectivity index (χ0) is 23.7. The molecule has 1 fully saturated rings. The van der Waals surface area contributed by atoms with Gasteiger partial charge in [-0.1, -0.05) is 24.6 Å².